The van der Waals surface area contributed by atoms with Gasteiger partial charge in [0.25, 0.3) is 0 Å². The predicted octanol–water partition coefficient (Wildman–Crippen LogP) is 2.28. The van der Waals surface area contributed by atoms with Crippen LogP contribution in [0.25, 0.3) is 0 Å². The molecular weight excluding hydrogens is 232 g/mol. The lowest BCUT2D eigenvalue weighted by molar-refractivity contribution is 0.0600. The van der Waals surface area contributed by atoms with Crippen molar-refractivity contribution in [1.29, 1.82) is 0 Å². The first-order valence-corrected chi connectivity index (χ1v) is 5.85. The first kappa shape index (κ1) is 14.2. The van der Waals surface area contributed by atoms with Gasteiger partial charge >= 0.3 is 5.97 Å². The Morgan fingerprint density at radius 1 is 1.44 bits per heavy atom. The molecule has 0 saturated carbocycles. The van der Waals surface area contributed by atoms with E-state index in [9.17, 15) is 9.59 Å². The van der Waals surface area contributed by atoms with E-state index >= 15 is 0 Å². The molecule has 1 atom stereocenters. The smallest absolute Gasteiger partial charge is 0.338 e. The molecule has 1 N–H and O–H groups in total. The molecule has 1 aromatic rings. The second-order valence-electron chi connectivity index (χ2n) is 4.13. The van der Waals surface area contributed by atoms with Crippen LogP contribution in [0.1, 0.15) is 48.0 Å². The number of hydrogen-bond donors (Lipinski definition) is 1. The summed E-state index contributed by atoms with van der Waals surface area (Å²) in [5, 5.41) is 3.14. The van der Waals surface area contributed by atoms with Crippen molar-refractivity contribution in [2.75, 3.05) is 12.4 Å². The number of rotatable bonds is 5. The number of nitrogens with zero attached hydrogens (tertiary/aromatic N) is 1. The SMILES string of the molecule is CCC(C)Nc1cc(C(=O)OC)cc(C(C)=O)n1. The zero-order valence-corrected chi connectivity index (χ0v) is 11.1. The molecule has 1 aromatic heterocycles. The number of ether oxygens (including phenoxy) is 1. The van der Waals surface area contributed by atoms with Crippen molar-refractivity contribution in [1.82, 2.24) is 4.98 Å². The fourth-order valence-electron chi connectivity index (χ4n) is 1.38. The topological polar surface area (TPSA) is 68.3 Å². The van der Waals surface area contributed by atoms with Gasteiger partial charge in [0.05, 0.1) is 12.7 Å². The van der Waals surface area contributed by atoms with Crippen LogP contribution in [-0.4, -0.2) is 29.9 Å². The van der Waals surface area contributed by atoms with Crippen molar-refractivity contribution in [3.05, 3.63) is 23.4 Å². The molecule has 0 spiro atoms. The quantitative estimate of drug-likeness (QED) is 0.641. The summed E-state index contributed by atoms with van der Waals surface area (Å²) in [5.41, 5.74) is 0.576. The van der Waals surface area contributed by atoms with Crippen molar-refractivity contribution < 1.29 is 14.3 Å². The largest absolute Gasteiger partial charge is 0.465 e. The maximum Gasteiger partial charge on any atom is 0.338 e. The van der Waals surface area contributed by atoms with Gasteiger partial charge in [-0.1, -0.05) is 6.92 Å². The monoisotopic (exact) mass is 250 g/mol. The standard InChI is InChI=1S/C13H18N2O3/c1-5-8(2)14-12-7-10(13(17)18-4)6-11(15-12)9(3)16/h6-8H,5H2,1-4H3,(H,14,15). The number of anilines is 1. The molecule has 5 heteroatoms. The molecule has 0 amide bonds. The van der Waals surface area contributed by atoms with E-state index in [1.54, 1.807) is 6.07 Å². The molecule has 0 radical (unpaired) electrons. The molecule has 98 valence electrons. The Kier molecular flexibility index (Phi) is 4.83. The maximum atomic E-state index is 11.5. The Morgan fingerprint density at radius 3 is 2.61 bits per heavy atom. The van der Waals surface area contributed by atoms with Gasteiger partial charge in [0.2, 0.25) is 0 Å². The summed E-state index contributed by atoms with van der Waals surface area (Å²) in [7, 11) is 1.30. The average Bonchev–Trinajstić information content (AvgIpc) is 2.37. The Labute approximate surface area is 107 Å². The minimum atomic E-state index is -0.480. The highest BCUT2D eigenvalue weighted by molar-refractivity contribution is 5.97. The van der Waals surface area contributed by atoms with Crippen LogP contribution in [0.3, 0.4) is 0 Å². The predicted molar refractivity (Wildman–Crippen MR) is 69.0 cm³/mol. The number of nitrogens with one attached hydrogen (secondary N) is 1. The molecule has 0 saturated heterocycles. The summed E-state index contributed by atoms with van der Waals surface area (Å²) in [5.74, 6) is -0.155. The van der Waals surface area contributed by atoms with E-state index in [0.29, 0.717) is 11.4 Å². The molecule has 18 heavy (non-hydrogen) atoms. The van der Waals surface area contributed by atoms with Crippen LogP contribution in [0.15, 0.2) is 12.1 Å². The maximum absolute atomic E-state index is 11.5. The Morgan fingerprint density at radius 2 is 2.11 bits per heavy atom. The Balaban J connectivity index is 3.13. The zero-order valence-electron chi connectivity index (χ0n) is 11.1. The lowest BCUT2D eigenvalue weighted by Crippen LogP contribution is -2.16. The van der Waals surface area contributed by atoms with Gasteiger partial charge < -0.3 is 10.1 Å². The van der Waals surface area contributed by atoms with Crippen molar-refractivity contribution >= 4 is 17.6 Å². The van der Waals surface area contributed by atoms with Crippen molar-refractivity contribution in [3.63, 3.8) is 0 Å². The minimum absolute atomic E-state index is 0.187. The van der Waals surface area contributed by atoms with Gasteiger partial charge in [-0.05, 0) is 25.5 Å². The van der Waals surface area contributed by atoms with Gasteiger partial charge in [0, 0.05) is 13.0 Å². The third-order valence-electron chi connectivity index (χ3n) is 2.61. The van der Waals surface area contributed by atoms with E-state index < -0.39 is 5.97 Å². The molecule has 1 unspecified atom stereocenters. The van der Waals surface area contributed by atoms with Gasteiger partial charge in [0.15, 0.2) is 5.78 Å². The van der Waals surface area contributed by atoms with Crippen LogP contribution in [0.5, 0.6) is 0 Å². The highest BCUT2D eigenvalue weighted by atomic mass is 16.5. The third-order valence-corrected chi connectivity index (χ3v) is 2.61. The van der Waals surface area contributed by atoms with Gasteiger partial charge in [0.1, 0.15) is 11.5 Å². The van der Waals surface area contributed by atoms with Gasteiger partial charge in [-0.3, -0.25) is 4.79 Å². The molecule has 1 heterocycles. The molecule has 0 fully saturated rings. The summed E-state index contributed by atoms with van der Waals surface area (Å²) in [6, 6.07) is 3.24. The van der Waals surface area contributed by atoms with E-state index in [-0.39, 0.29) is 17.5 Å². The van der Waals surface area contributed by atoms with E-state index in [2.05, 4.69) is 15.0 Å². The van der Waals surface area contributed by atoms with Crippen molar-refractivity contribution in [3.8, 4) is 0 Å². The van der Waals surface area contributed by atoms with Crippen LogP contribution >= 0.6 is 0 Å². The van der Waals surface area contributed by atoms with Crippen LogP contribution in [0.2, 0.25) is 0 Å². The van der Waals surface area contributed by atoms with E-state index in [1.165, 1.54) is 20.1 Å². The summed E-state index contributed by atoms with van der Waals surface area (Å²) in [4.78, 5) is 27.0. The van der Waals surface area contributed by atoms with Gasteiger partial charge in [-0.2, -0.15) is 0 Å². The first-order chi connectivity index (χ1) is 8.47. The second-order valence-corrected chi connectivity index (χ2v) is 4.13. The number of carbonyl (C=O) groups is 2. The van der Waals surface area contributed by atoms with Crippen LogP contribution in [0.4, 0.5) is 5.82 Å². The molecule has 0 aliphatic rings. The number of esters is 1. The van der Waals surface area contributed by atoms with Crippen LogP contribution < -0.4 is 5.32 Å². The molecule has 0 aromatic carbocycles. The molecule has 1 rings (SSSR count). The summed E-state index contributed by atoms with van der Waals surface area (Å²) < 4.78 is 4.65. The van der Waals surface area contributed by atoms with Crippen LogP contribution in [0, 0.1) is 0 Å². The van der Waals surface area contributed by atoms with Crippen LogP contribution in [-0.2, 0) is 4.74 Å². The number of pyridine rings is 1. The minimum Gasteiger partial charge on any atom is -0.465 e. The lowest BCUT2D eigenvalue weighted by Gasteiger charge is -2.13. The number of methoxy groups -OCH3 is 1. The number of Topliss-reactive ketones (excluding diaryl/α,β-unsaturated/α-hetero) is 1. The van der Waals surface area contributed by atoms with Gasteiger partial charge in [-0.25, -0.2) is 9.78 Å². The lowest BCUT2D eigenvalue weighted by atomic mass is 10.1. The highest BCUT2D eigenvalue weighted by Gasteiger charge is 2.13. The average molecular weight is 250 g/mol. The number of carbonyl (C=O) groups excluding carboxylic acids is 2. The zero-order chi connectivity index (χ0) is 13.7. The number of hydrogen-bond acceptors (Lipinski definition) is 5. The van der Waals surface area contributed by atoms with Crippen molar-refractivity contribution in [2.45, 2.75) is 33.2 Å². The molecule has 0 bridgehead atoms. The van der Waals surface area contributed by atoms with Gasteiger partial charge in [-0.15, -0.1) is 0 Å². The molecule has 0 aliphatic heterocycles. The Bertz CT molecular complexity index is 458. The second kappa shape index (κ2) is 6.14. The fourth-order valence-corrected chi connectivity index (χ4v) is 1.38. The summed E-state index contributed by atoms with van der Waals surface area (Å²) >= 11 is 0. The summed E-state index contributed by atoms with van der Waals surface area (Å²) in [6.45, 7) is 5.45. The highest BCUT2D eigenvalue weighted by Crippen LogP contribution is 2.14. The van der Waals surface area contributed by atoms with E-state index in [0.717, 1.165) is 6.42 Å². The van der Waals surface area contributed by atoms with E-state index in [4.69, 9.17) is 0 Å². The fraction of sp³-hybridized carbons (Fsp3) is 0.462. The number of ketones is 1. The van der Waals surface area contributed by atoms with E-state index in [1.807, 2.05) is 13.8 Å². The molecule has 0 aliphatic carbocycles. The van der Waals surface area contributed by atoms with Crippen molar-refractivity contribution in [2.24, 2.45) is 0 Å². The third kappa shape index (κ3) is 3.55. The molecule has 5 nitrogen and oxygen atoms in total. The normalized spacial score (nSPS) is 11.8. The summed E-state index contributed by atoms with van der Waals surface area (Å²) in [6.07, 6.45) is 0.916. The molecular formula is C13H18N2O3. The first-order valence-electron chi connectivity index (χ1n) is 5.85. The number of aromatic nitrogens is 1. The Hall–Kier alpha value is -1.91.